The van der Waals surface area contributed by atoms with Crippen LogP contribution in [0.2, 0.25) is 0 Å². The Hall–Kier alpha value is -1.60. The molecular weight excluding hydrogens is 350 g/mol. The Bertz CT molecular complexity index is 619. The van der Waals surface area contributed by atoms with Gasteiger partial charge in [-0.3, -0.25) is 0 Å². The molecule has 0 amide bonds. The molecule has 0 aromatic heterocycles. The second kappa shape index (κ2) is 13.6. The Morgan fingerprint density at radius 1 is 0.517 bits per heavy atom. The van der Waals surface area contributed by atoms with Crippen LogP contribution in [-0.4, -0.2) is 12.1 Å². The van der Waals surface area contributed by atoms with E-state index in [1.54, 1.807) is 0 Å². The van der Waals surface area contributed by atoms with Crippen molar-refractivity contribution in [2.24, 2.45) is 5.92 Å². The number of nitrogens with one attached hydrogen (secondary N) is 1. The lowest BCUT2D eigenvalue weighted by molar-refractivity contribution is 0.343. The summed E-state index contributed by atoms with van der Waals surface area (Å²) in [7, 11) is 0. The lowest BCUT2D eigenvalue weighted by atomic mass is 9.91. The van der Waals surface area contributed by atoms with E-state index in [1.807, 2.05) is 0 Å². The molecule has 0 aliphatic heterocycles. The van der Waals surface area contributed by atoms with E-state index in [4.69, 9.17) is 0 Å². The predicted octanol–water partition coefficient (Wildman–Crippen LogP) is 7.75. The lowest BCUT2D eigenvalue weighted by Crippen LogP contribution is -2.41. The smallest absolute Gasteiger partial charge is 0.0138 e. The van der Waals surface area contributed by atoms with Crippen molar-refractivity contribution < 1.29 is 0 Å². The summed E-state index contributed by atoms with van der Waals surface area (Å²) in [5.74, 6) is 0.643. The summed E-state index contributed by atoms with van der Waals surface area (Å²) in [6, 6.07) is 1.36. The van der Waals surface area contributed by atoms with E-state index in [-0.39, 0.29) is 0 Å². The molecule has 0 heterocycles. The highest BCUT2D eigenvalue weighted by atomic mass is 15.0. The molecule has 2 atom stereocenters. The van der Waals surface area contributed by atoms with Crippen LogP contribution in [-0.2, 0) is 0 Å². The van der Waals surface area contributed by atoms with Crippen LogP contribution in [0, 0.1) is 5.92 Å². The second-order valence-corrected chi connectivity index (χ2v) is 8.98. The van der Waals surface area contributed by atoms with Gasteiger partial charge in [0.25, 0.3) is 0 Å². The van der Waals surface area contributed by atoms with E-state index in [0.29, 0.717) is 12.0 Å². The number of rotatable bonds is 3. The SMILES string of the molecule is C1=C\C=C/C=C\C(C2CCCC2NC2CCCCCCCCCC2)=C/C=C\C=C/1. The molecule has 3 rings (SSSR count). The minimum absolute atomic E-state index is 0.641. The average Bonchev–Trinajstić information content (AvgIpc) is 3.14. The molecular formula is C28H41N. The summed E-state index contributed by atoms with van der Waals surface area (Å²) in [5, 5.41) is 4.15. The molecule has 0 saturated heterocycles. The fraction of sp³-hybridized carbons (Fsp3) is 0.571. The summed E-state index contributed by atoms with van der Waals surface area (Å²) in [4.78, 5) is 0. The van der Waals surface area contributed by atoms with Gasteiger partial charge in [0.2, 0.25) is 0 Å². The molecule has 158 valence electrons. The molecule has 2 unspecified atom stereocenters. The minimum atomic E-state index is 0.641. The van der Waals surface area contributed by atoms with Gasteiger partial charge in [-0.15, -0.1) is 0 Å². The van der Waals surface area contributed by atoms with Gasteiger partial charge in [0, 0.05) is 12.1 Å². The molecule has 0 radical (unpaired) electrons. The van der Waals surface area contributed by atoms with E-state index in [2.05, 4.69) is 72.2 Å². The van der Waals surface area contributed by atoms with Crippen LogP contribution in [0.3, 0.4) is 0 Å². The van der Waals surface area contributed by atoms with Crippen molar-refractivity contribution in [3.05, 3.63) is 72.4 Å². The van der Waals surface area contributed by atoms with Crippen molar-refractivity contribution in [3.63, 3.8) is 0 Å². The van der Waals surface area contributed by atoms with E-state index in [1.165, 1.54) is 89.0 Å². The standard InChI is InChI=1S/C28H41N/c1-2-6-10-14-19-25(20-15-11-7-3-1)27-23-18-24-28(27)29-26-21-16-12-8-4-5-9-13-17-22-26/h1-3,6-7,10-11,14-15,19-20,26-29H,4-5,8-9,12-13,16-18,21-24H2/b2-1-,3-1?,6-2?,7-3-,10-6-,11-7?,14-10?,15-11-,19-14-,20-15?,25-19?,25-20+. The Morgan fingerprint density at radius 2 is 1.07 bits per heavy atom. The van der Waals surface area contributed by atoms with Crippen molar-refractivity contribution in [2.75, 3.05) is 0 Å². The van der Waals surface area contributed by atoms with Gasteiger partial charge in [-0.25, -0.2) is 0 Å². The van der Waals surface area contributed by atoms with Crippen LogP contribution in [0.5, 0.6) is 0 Å². The maximum atomic E-state index is 4.15. The molecule has 0 aromatic carbocycles. The zero-order chi connectivity index (χ0) is 20.0. The zero-order valence-corrected chi connectivity index (χ0v) is 18.3. The van der Waals surface area contributed by atoms with Crippen molar-refractivity contribution in [1.82, 2.24) is 5.32 Å². The molecule has 2 fully saturated rings. The zero-order valence-electron chi connectivity index (χ0n) is 18.3. The quantitative estimate of drug-likeness (QED) is 0.518. The second-order valence-electron chi connectivity index (χ2n) is 8.98. The fourth-order valence-corrected chi connectivity index (χ4v) is 5.10. The van der Waals surface area contributed by atoms with Crippen LogP contribution in [0.25, 0.3) is 0 Å². The molecule has 0 bridgehead atoms. The van der Waals surface area contributed by atoms with E-state index in [0.717, 1.165) is 6.04 Å². The summed E-state index contributed by atoms with van der Waals surface area (Å²) >= 11 is 0. The largest absolute Gasteiger partial charge is 0.311 e. The van der Waals surface area contributed by atoms with Crippen LogP contribution >= 0.6 is 0 Å². The summed E-state index contributed by atoms with van der Waals surface area (Å²) in [5.41, 5.74) is 1.48. The predicted molar refractivity (Wildman–Crippen MR) is 128 cm³/mol. The maximum Gasteiger partial charge on any atom is 0.0138 e. The Morgan fingerprint density at radius 3 is 1.72 bits per heavy atom. The van der Waals surface area contributed by atoms with Crippen molar-refractivity contribution in [2.45, 2.75) is 95.6 Å². The Labute approximate surface area is 179 Å². The highest BCUT2D eigenvalue weighted by Gasteiger charge is 2.30. The third-order valence-corrected chi connectivity index (χ3v) is 6.72. The van der Waals surface area contributed by atoms with Crippen molar-refractivity contribution in [1.29, 1.82) is 0 Å². The molecule has 3 aliphatic rings. The number of allylic oxidation sites excluding steroid dienone is 11. The molecule has 29 heavy (non-hydrogen) atoms. The minimum Gasteiger partial charge on any atom is -0.311 e. The first kappa shape index (κ1) is 22.1. The third-order valence-electron chi connectivity index (χ3n) is 6.72. The van der Waals surface area contributed by atoms with Gasteiger partial charge in [0.15, 0.2) is 0 Å². The Kier molecular flexibility index (Phi) is 10.4. The van der Waals surface area contributed by atoms with Crippen LogP contribution in [0.15, 0.2) is 72.4 Å². The summed E-state index contributed by atoms with van der Waals surface area (Å²) < 4.78 is 0. The Balaban J connectivity index is 1.65. The highest BCUT2D eigenvalue weighted by Crippen LogP contribution is 2.33. The van der Waals surface area contributed by atoms with Gasteiger partial charge in [-0.2, -0.15) is 0 Å². The first-order valence-electron chi connectivity index (χ1n) is 12.2. The summed E-state index contributed by atoms with van der Waals surface area (Å²) in [6.07, 6.45) is 42.0. The average molecular weight is 392 g/mol. The van der Waals surface area contributed by atoms with E-state index in [9.17, 15) is 0 Å². The van der Waals surface area contributed by atoms with Gasteiger partial charge >= 0.3 is 0 Å². The first-order chi connectivity index (χ1) is 14.4. The fourth-order valence-electron chi connectivity index (χ4n) is 5.10. The van der Waals surface area contributed by atoms with Crippen molar-refractivity contribution >= 4 is 0 Å². The van der Waals surface area contributed by atoms with Crippen LogP contribution in [0.4, 0.5) is 0 Å². The van der Waals surface area contributed by atoms with Gasteiger partial charge in [-0.05, 0) is 37.2 Å². The number of hydrogen-bond acceptors (Lipinski definition) is 1. The monoisotopic (exact) mass is 391 g/mol. The third kappa shape index (κ3) is 8.34. The van der Waals surface area contributed by atoms with Gasteiger partial charge in [-0.1, -0.05) is 125 Å². The lowest BCUT2D eigenvalue weighted by Gasteiger charge is -2.28. The maximum absolute atomic E-state index is 4.15. The molecule has 3 aliphatic carbocycles. The van der Waals surface area contributed by atoms with Crippen LogP contribution in [0.1, 0.15) is 83.5 Å². The van der Waals surface area contributed by atoms with Crippen molar-refractivity contribution in [3.8, 4) is 0 Å². The summed E-state index contributed by atoms with van der Waals surface area (Å²) in [6.45, 7) is 0. The molecule has 0 aromatic rings. The van der Waals surface area contributed by atoms with Crippen LogP contribution < -0.4 is 5.32 Å². The highest BCUT2D eigenvalue weighted by molar-refractivity contribution is 5.33. The van der Waals surface area contributed by atoms with Gasteiger partial charge < -0.3 is 5.32 Å². The normalized spacial score (nSPS) is 35.1. The first-order valence-corrected chi connectivity index (χ1v) is 12.2. The molecule has 1 N–H and O–H groups in total. The van der Waals surface area contributed by atoms with E-state index < -0.39 is 0 Å². The molecule has 1 nitrogen and oxygen atoms in total. The number of hydrogen-bond donors (Lipinski definition) is 1. The van der Waals surface area contributed by atoms with Gasteiger partial charge in [0.1, 0.15) is 0 Å². The van der Waals surface area contributed by atoms with Gasteiger partial charge in [0.05, 0.1) is 0 Å². The molecule has 1 heteroatoms. The molecule has 0 spiro atoms. The van der Waals surface area contributed by atoms with E-state index >= 15 is 0 Å². The topological polar surface area (TPSA) is 12.0 Å². The molecule has 2 saturated carbocycles.